The maximum atomic E-state index is 5.61. The van der Waals surface area contributed by atoms with E-state index in [1.54, 1.807) is 0 Å². The lowest BCUT2D eigenvalue weighted by Crippen LogP contribution is -2.32. The minimum atomic E-state index is 0.650. The molecule has 0 aromatic carbocycles. The van der Waals surface area contributed by atoms with E-state index in [2.05, 4.69) is 31.4 Å². The zero-order chi connectivity index (χ0) is 10.6. The maximum absolute atomic E-state index is 5.61. The van der Waals surface area contributed by atoms with Gasteiger partial charge in [0.1, 0.15) is 0 Å². The normalized spacial score (nSPS) is 24.4. The molecule has 1 heterocycles. The molecule has 0 aromatic heterocycles. The molecule has 1 saturated heterocycles. The second-order valence-corrected chi connectivity index (χ2v) is 3.68. The third-order valence-corrected chi connectivity index (χ3v) is 2.66. The summed E-state index contributed by atoms with van der Waals surface area (Å²) in [6.07, 6.45) is 5.31. The van der Waals surface area contributed by atoms with Crippen LogP contribution in [0, 0.1) is 0 Å². The number of nitrogens with zero attached hydrogens (tertiary/aromatic N) is 1. The first-order valence-corrected chi connectivity index (χ1v) is 5.20. The summed E-state index contributed by atoms with van der Waals surface area (Å²) in [5, 5.41) is 0. The van der Waals surface area contributed by atoms with Gasteiger partial charge in [-0.05, 0) is 37.1 Å². The van der Waals surface area contributed by atoms with Gasteiger partial charge in [0.25, 0.3) is 0 Å². The molecule has 0 spiro atoms. The van der Waals surface area contributed by atoms with Gasteiger partial charge < -0.3 is 5.73 Å². The van der Waals surface area contributed by atoms with Gasteiger partial charge in [-0.15, -0.1) is 0 Å². The van der Waals surface area contributed by atoms with Crippen molar-refractivity contribution in [2.75, 3.05) is 19.6 Å². The number of hydrogen-bond donors (Lipinski definition) is 1. The second-order valence-electron chi connectivity index (χ2n) is 3.68. The Bertz CT molecular complexity index is 274. The van der Waals surface area contributed by atoms with Crippen LogP contribution in [-0.4, -0.2) is 24.5 Å². The molecule has 1 rings (SSSR count). The van der Waals surface area contributed by atoms with Gasteiger partial charge in [-0.1, -0.05) is 19.6 Å². The Morgan fingerprint density at radius 3 is 2.79 bits per heavy atom. The fraction of sp³-hybridized carbons (Fsp3) is 0.500. The summed E-state index contributed by atoms with van der Waals surface area (Å²) in [4.78, 5) is 2.42. The summed E-state index contributed by atoms with van der Waals surface area (Å²) >= 11 is 0. The second kappa shape index (κ2) is 5.01. The van der Waals surface area contributed by atoms with E-state index in [9.17, 15) is 0 Å². The minimum Gasteiger partial charge on any atom is -0.399 e. The predicted molar refractivity (Wildman–Crippen MR) is 61.9 cm³/mol. The van der Waals surface area contributed by atoms with Crippen LogP contribution in [0.2, 0.25) is 0 Å². The molecule has 1 aliphatic heterocycles. The van der Waals surface area contributed by atoms with Crippen molar-refractivity contribution in [1.29, 1.82) is 0 Å². The van der Waals surface area contributed by atoms with Gasteiger partial charge >= 0.3 is 0 Å². The van der Waals surface area contributed by atoms with Gasteiger partial charge in [-0.2, -0.15) is 0 Å². The summed E-state index contributed by atoms with van der Waals surface area (Å²) in [6, 6.07) is 0. The summed E-state index contributed by atoms with van der Waals surface area (Å²) in [6.45, 7) is 11.3. The lowest BCUT2D eigenvalue weighted by molar-refractivity contribution is 0.300. The van der Waals surface area contributed by atoms with E-state index in [0.717, 1.165) is 26.1 Å². The van der Waals surface area contributed by atoms with Gasteiger partial charge in [-0.3, -0.25) is 4.90 Å². The number of likely N-dealkylation sites (N-methyl/N-ethyl adjacent to an activating group) is 1. The maximum Gasteiger partial charge on any atom is 0.0244 e. The first-order chi connectivity index (χ1) is 6.67. The molecular weight excluding hydrogens is 172 g/mol. The lowest BCUT2D eigenvalue weighted by Gasteiger charge is -2.29. The van der Waals surface area contributed by atoms with E-state index >= 15 is 0 Å². The number of likely N-dealkylation sites (tertiary alicyclic amines) is 1. The van der Waals surface area contributed by atoms with Crippen LogP contribution in [-0.2, 0) is 0 Å². The number of hydrogen-bond acceptors (Lipinski definition) is 2. The van der Waals surface area contributed by atoms with Crippen LogP contribution >= 0.6 is 0 Å². The van der Waals surface area contributed by atoms with E-state index in [1.165, 1.54) is 11.1 Å². The van der Waals surface area contributed by atoms with Crippen molar-refractivity contribution in [3.63, 3.8) is 0 Å². The van der Waals surface area contributed by atoms with Gasteiger partial charge in [0.05, 0.1) is 0 Å². The lowest BCUT2D eigenvalue weighted by atomic mass is 9.97. The van der Waals surface area contributed by atoms with E-state index in [0.29, 0.717) is 5.70 Å². The van der Waals surface area contributed by atoms with Crippen LogP contribution in [0.15, 0.2) is 35.6 Å². The molecule has 78 valence electrons. The first kappa shape index (κ1) is 11.1. The molecule has 1 aliphatic rings. The monoisotopic (exact) mass is 192 g/mol. The zero-order valence-corrected chi connectivity index (χ0v) is 9.21. The van der Waals surface area contributed by atoms with E-state index in [1.807, 2.05) is 6.08 Å². The quantitative estimate of drug-likeness (QED) is 0.725. The number of allylic oxidation sites excluding steroid dienone is 2. The molecule has 0 atom stereocenters. The smallest absolute Gasteiger partial charge is 0.0244 e. The Kier molecular flexibility index (Phi) is 3.96. The van der Waals surface area contributed by atoms with Crippen LogP contribution in [0.3, 0.4) is 0 Å². The largest absolute Gasteiger partial charge is 0.399 e. The van der Waals surface area contributed by atoms with Crippen molar-refractivity contribution in [2.45, 2.75) is 20.3 Å². The molecule has 14 heavy (non-hydrogen) atoms. The molecule has 1 fully saturated rings. The van der Waals surface area contributed by atoms with Crippen molar-refractivity contribution < 1.29 is 0 Å². The van der Waals surface area contributed by atoms with Crippen LogP contribution in [0.5, 0.6) is 0 Å². The highest BCUT2D eigenvalue weighted by atomic mass is 15.1. The van der Waals surface area contributed by atoms with Crippen molar-refractivity contribution >= 4 is 0 Å². The molecule has 2 N–H and O–H groups in total. The molecule has 0 bridgehead atoms. The number of piperidine rings is 1. The molecular formula is C12H20N2. The Morgan fingerprint density at radius 2 is 2.29 bits per heavy atom. The van der Waals surface area contributed by atoms with Gasteiger partial charge in [0, 0.05) is 18.8 Å². The van der Waals surface area contributed by atoms with Gasteiger partial charge in [0.15, 0.2) is 0 Å². The summed E-state index contributed by atoms with van der Waals surface area (Å²) < 4.78 is 0. The summed E-state index contributed by atoms with van der Waals surface area (Å²) in [5.74, 6) is 0. The molecule has 0 saturated carbocycles. The van der Waals surface area contributed by atoms with Crippen LogP contribution in [0.1, 0.15) is 20.3 Å². The minimum absolute atomic E-state index is 0.650. The van der Waals surface area contributed by atoms with Crippen LogP contribution in [0.25, 0.3) is 0 Å². The average Bonchev–Trinajstić information content (AvgIpc) is 2.16. The fourth-order valence-corrected chi connectivity index (χ4v) is 1.82. The number of rotatable bonds is 2. The van der Waals surface area contributed by atoms with Crippen molar-refractivity contribution in [2.24, 2.45) is 5.73 Å². The van der Waals surface area contributed by atoms with Gasteiger partial charge in [0.2, 0.25) is 0 Å². The Hall–Kier alpha value is -1.02. The van der Waals surface area contributed by atoms with Crippen molar-refractivity contribution in [3.8, 4) is 0 Å². The summed E-state index contributed by atoms with van der Waals surface area (Å²) in [7, 11) is 0. The topological polar surface area (TPSA) is 29.3 Å². The molecule has 0 radical (unpaired) electrons. The standard InChI is InChI=1S/C12H20N2/c1-4-11-6-7-14(5-2)9-12(11)8-10(3)13/h4,8H,3,5-7,9,13H2,1-2H3/b11-4-,12-8-. The molecule has 2 nitrogen and oxygen atoms in total. The predicted octanol–water partition coefficient (Wildman–Crippen LogP) is 2.06. The Morgan fingerprint density at radius 1 is 1.57 bits per heavy atom. The third-order valence-electron chi connectivity index (χ3n) is 2.66. The third kappa shape index (κ3) is 2.74. The Labute approximate surface area is 86.8 Å². The molecule has 0 amide bonds. The first-order valence-electron chi connectivity index (χ1n) is 5.20. The average molecular weight is 192 g/mol. The molecule has 0 unspecified atom stereocenters. The van der Waals surface area contributed by atoms with E-state index in [4.69, 9.17) is 5.73 Å². The van der Waals surface area contributed by atoms with Crippen LogP contribution < -0.4 is 5.73 Å². The Balaban J connectivity index is 2.81. The van der Waals surface area contributed by atoms with Crippen molar-refractivity contribution in [1.82, 2.24) is 4.90 Å². The fourth-order valence-electron chi connectivity index (χ4n) is 1.82. The van der Waals surface area contributed by atoms with Gasteiger partial charge in [-0.25, -0.2) is 0 Å². The molecule has 0 aromatic rings. The highest BCUT2D eigenvalue weighted by molar-refractivity contribution is 5.38. The highest BCUT2D eigenvalue weighted by Gasteiger charge is 2.16. The summed E-state index contributed by atoms with van der Waals surface area (Å²) in [5.41, 5.74) is 9.01. The molecule has 0 aliphatic carbocycles. The highest BCUT2D eigenvalue weighted by Crippen LogP contribution is 2.22. The number of nitrogens with two attached hydrogens (primary N) is 1. The van der Waals surface area contributed by atoms with Crippen molar-refractivity contribution in [3.05, 3.63) is 35.6 Å². The van der Waals surface area contributed by atoms with E-state index in [-0.39, 0.29) is 0 Å². The van der Waals surface area contributed by atoms with Crippen LogP contribution in [0.4, 0.5) is 0 Å². The zero-order valence-electron chi connectivity index (χ0n) is 9.21. The van der Waals surface area contributed by atoms with E-state index < -0.39 is 0 Å². The SMILES string of the molecule is C=C(N)/C=C1/CN(CC)CC/C1=C/C. The molecule has 2 heteroatoms.